The summed E-state index contributed by atoms with van der Waals surface area (Å²) >= 11 is 19.3. The van der Waals surface area contributed by atoms with E-state index in [1.165, 1.54) is 24.1 Å². The molecule has 1 N–H and O–H groups in total. The van der Waals surface area contributed by atoms with Gasteiger partial charge in [-0.15, -0.1) is 11.3 Å². The fraction of sp³-hybridized carbons (Fsp3) is 0.105. The molecule has 150 valence electrons. The standard InChI is InChI=1S/C19H14Cl3N3O3S/c1-28-10-23-17(26)16-9-29-19(24-16)25(13-5-2-11(20)3-6-13)18(27)14-7-4-12(21)8-15(14)22/h2-9H,10H2,1H3,(H,23,26). The van der Waals surface area contributed by atoms with Gasteiger partial charge in [0.25, 0.3) is 11.8 Å². The highest BCUT2D eigenvalue weighted by molar-refractivity contribution is 7.14. The van der Waals surface area contributed by atoms with Crippen molar-refractivity contribution in [3.63, 3.8) is 0 Å². The van der Waals surface area contributed by atoms with E-state index in [1.54, 1.807) is 35.7 Å². The Morgan fingerprint density at radius 3 is 2.45 bits per heavy atom. The number of amides is 2. The minimum atomic E-state index is -0.424. The Hall–Kier alpha value is -2.16. The van der Waals surface area contributed by atoms with Gasteiger partial charge in [-0.2, -0.15) is 0 Å². The van der Waals surface area contributed by atoms with Crippen molar-refractivity contribution in [2.75, 3.05) is 18.7 Å². The van der Waals surface area contributed by atoms with E-state index in [9.17, 15) is 9.59 Å². The van der Waals surface area contributed by atoms with Crippen LogP contribution in [0.3, 0.4) is 0 Å². The van der Waals surface area contributed by atoms with E-state index in [0.717, 1.165) is 11.3 Å². The largest absolute Gasteiger partial charge is 0.364 e. The van der Waals surface area contributed by atoms with Gasteiger partial charge in [0.15, 0.2) is 5.13 Å². The number of hydrogen-bond donors (Lipinski definition) is 1. The number of anilines is 2. The molecule has 3 rings (SSSR count). The summed E-state index contributed by atoms with van der Waals surface area (Å²) in [6.45, 7) is 0.0475. The predicted octanol–water partition coefficient (Wildman–Crippen LogP) is 5.42. The molecule has 0 atom stereocenters. The van der Waals surface area contributed by atoms with Crippen molar-refractivity contribution in [1.29, 1.82) is 0 Å². The van der Waals surface area contributed by atoms with E-state index >= 15 is 0 Å². The van der Waals surface area contributed by atoms with Gasteiger partial charge in [0, 0.05) is 22.5 Å². The van der Waals surface area contributed by atoms with E-state index in [4.69, 9.17) is 39.5 Å². The zero-order chi connectivity index (χ0) is 21.0. The Morgan fingerprint density at radius 2 is 1.79 bits per heavy atom. The smallest absolute Gasteiger partial charge is 0.272 e. The van der Waals surface area contributed by atoms with E-state index in [0.29, 0.717) is 20.9 Å². The molecule has 0 bridgehead atoms. The van der Waals surface area contributed by atoms with Crippen LogP contribution in [0.2, 0.25) is 15.1 Å². The first kappa shape index (κ1) is 21.5. The Bertz CT molecular complexity index is 1040. The van der Waals surface area contributed by atoms with E-state index in [2.05, 4.69) is 10.3 Å². The average molecular weight is 471 g/mol. The lowest BCUT2D eigenvalue weighted by Crippen LogP contribution is -2.27. The monoisotopic (exact) mass is 469 g/mol. The molecule has 0 unspecified atom stereocenters. The molecule has 1 aromatic heterocycles. The molecule has 6 nitrogen and oxygen atoms in total. The normalized spacial score (nSPS) is 10.6. The fourth-order valence-electron chi connectivity index (χ4n) is 2.39. The third-order valence-electron chi connectivity index (χ3n) is 3.74. The number of carbonyl (C=O) groups is 2. The lowest BCUT2D eigenvalue weighted by Gasteiger charge is -2.21. The Morgan fingerprint density at radius 1 is 1.10 bits per heavy atom. The van der Waals surface area contributed by atoms with Crippen molar-refractivity contribution in [2.45, 2.75) is 0 Å². The summed E-state index contributed by atoms with van der Waals surface area (Å²) in [6.07, 6.45) is 0. The highest BCUT2D eigenvalue weighted by Gasteiger charge is 2.25. The van der Waals surface area contributed by atoms with Crippen LogP contribution < -0.4 is 10.2 Å². The van der Waals surface area contributed by atoms with Crippen LogP contribution in [0.4, 0.5) is 10.8 Å². The number of benzene rings is 2. The lowest BCUT2D eigenvalue weighted by atomic mass is 10.2. The Kier molecular flexibility index (Phi) is 7.10. The van der Waals surface area contributed by atoms with Crippen molar-refractivity contribution >= 4 is 68.8 Å². The van der Waals surface area contributed by atoms with E-state index in [1.807, 2.05) is 0 Å². The van der Waals surface area contributed by atoms with Crippen molar-refractivity contribution in [3.05, 3.63) is 74.2 Å². The molecule has 10 heteroatoms. The minimum Gasteiger partial charge on any atom is -0.364 e. The zero-order valence-corrected chi connectivity index (χ0v) is 18.1. The summed E-state index contributed by atoms with van der Waals surface area (Å²) in [5.41, 5.74) is 0.922. The summed E-state index contributed by atoms with van der Waals surface area (Å²) < 4.78 is 4.83. The third-order valence-corrected chi connectivity index (χ3v) is 5.37. The van der Waals surface area contributed by atoms with Gasteiger partial charge < -0.3 is 10.1 Å². The number of ether oxygens (including phenoxy) is 1. The second-order valence-electron chi connectivity index (χ2n) is 5.70. The number of thiazole rings is 1. The van der Waals surface area contributed by atoms with Crippen molar-refractivity contribution in [2.24, 2.45) is 0 Å². The molecular formula is C19H14Cl3N3O3S. The molecular weight excluding hydrogens is 457 g/mol. The Balaban J connectivity index is 2.02. The van der Waals surface area contributed by atoms with Crippen molar-refractivity contribution in [1.82, 2.24) is 10.3 Å². The maximum atomic E-state index is 13.3. The molecule has 0 saturated heterocycles. The summed E-state index contributed by atoms with van der Waals surface area (Å²) in [6, 6.07) is 11.3. The molecule has 2 aromatic carbocycles. The van der Waals surface area contributed by atoms with Crippen LogP contribution in [0.1, 0.15) is 20.8 Å². The quantitative estimate of drug-likeness (QED) is 0.489. The zero-order valence-electron chi connectivity index (χ0n) is 15.0. The Labute approximate surface area is 186 Å². The molecule has 0 aliphatic carbocycles. The van der Waals surface area contributed by atoms with Crippen LogP contribution in [0.25, 0.3) is 0 Å². The molecule has 0 spiro atoms. The second-order valence-corrected chi connectivity index (χ2v) is 7.81. The van der Waals surface area contributed by atoms with Crippen LogP contribution in [0.15, 0.2) is 47.8 Å². The van der Waals surface area contributed by atoms with Crippen LogP contribution in [-0.4, -0.2) is 30.6 Å². The van der Waals surface area contributed by atoms with Gasteiger partial charge in [-0.3, -0.25) is 14.5 Å². The number of nitrogens with one attached hydrogen (secondary N) is 1. The maximum Gasteiger partial charge on any atom is 0.272 e. The molecule has 1 heterocycles. The van der Waals surface area contributed by atoms with Gasteiger partial charge in [-0.05, 0) is 42.5 Å². The number of halogens is 3. The number of carbonyl (C=O) groups excluding carboxylic acids is 2. The molecule has 0 fully saturated rings. The highest BCUT2D eigenvalue weighted by atomic mass is 35.5. The van der Waals surface area contributed by atoms with Gasteiger partial charge in [0.05, 0.1) is 16.3 Å². The molecule has 0 aliphatic rings. The molecule has 29 heavy (non-hydrogen) atoms. The predicted molar refractivity (Wildman–Crippen MR) is 116 cm³/mol. The van der Waals surface area contributed by atoms with Crippen molar-refractivity contribution < 1.29 is 14.3 Å². The number of rotatable bonds is 6. The first-order valence-corrected chi connectivity index (χ1v) is 10.2. The fourth-order valence-corrected chi connectivity index (χ4v) is 3.82. The number of methoxy groups -OCH3 is 1. The third kappa shape index (κ3) is 5.07. The van der Waals surface area contributed by atoms with Gasteiger partial charge in [-0.1, -0.05) is 34.8 Å². The molecule has 3 aromatic rings. The van der Waals surface area contributed by atoms with Crippen LogP contribution >= 0.6 is 46.1 Å². The second kappa shape index (κ2) is 9.56. The lowest BCUT2D eigenvalue weighted by molar-refractivity contribution is 0.0867. The SMILES string of the molecule is COCNC(=O)c1csc(N(C(=O)c2ccc(Cl)cc2Cl)c2ccc(Cl)cc2)n1. The van der Waals surface area contributed by atoms with Crippen LogP contribution in [-0.2, 0) is 4.74 Å². The van der Waals surface area contributed by atoms with E-state index < -0.39 is 11.8 Å². The van der Waals surface area contributed by atoms with Gasteiger partial charge >= 0.3 is 0 Å². The molecule has 2 amide bonds. The highest BCUT2D eigenvalue weighted by Crippen LogP contribution is 2.33. The molecule has 0 aliphatic heterocycles. The van der Waals surface area contributed by atoms with Gasteiger partial charge in [-0.25, -0.2) is 4.98 Å². The number of hydrogen-bond acceptors (Lipinski definition) is 5. The topological polar surface area (TPSA) is 71.5 Å². The first-order chi connectivity index (χ1) is 13.9. The number of aromatic nitrogens is 1. The van der Waals surface area contributed by atoms with Crippen molar-refractivity contribution in [3.8, 4) is 0 Å². The van der Waals surface area contributed by atoms with Crippen LogP contribution in [0, 0.1) is 0 Å². The van der Waals surface area contributed by atoms with Gasteiger partial charge in [0.1, 0.15) is 12.4 Å². The summed E-state index contributed by atoms with van der Waals surface area (Å²) in [7, 11) is 1.46. The maximum absolute atomic E-state index is 13.3. The summed E-state index contributed by atoms with van der Waals surface area (Å²) in [5.74, 6) is -0.838. The molecule has 0 saturated carbocycles. The first-order valence-electron chi connectivity index (χ1n) is 8.18. The van der Waals surface area contributed by atoms with E-state index in [-0.39, 0.29) is 23.0 Å². The molecule has 0 radical (unpaired) electrons. The summed E-state index contributed by atoms with van der Waals surface area (Å²) in [4.78, 5) is 31.1. The average Bonchev–Trinajstić information content (AvgIpc) is 3.17. The number of nitrogens with zero attached hydrogens (tertiary/aromatic N) is 2. The minimum absolute atomic E-state index is 0.0475. The summed E-state index contributed by atoms with van der Waals surface area (Å²) in [5, 5.41) is 5.54. The van der Waals surface area contributed by atoms with Crippen LogP contribution in [0.5, 0.6) is 0 Å². The van der Waals surface area contributed by atoms with Gasteiger partial charge in [0.2, 0.25) is 0 Å².